The molecule has 0 N–H and O–H groups in total. The van der Waals surface area contributed by atoms with Crippen LogP contribution >= 0.6 is 0 Å². The van der Waals surface area contributed by atoms with Crippen molar-refractivity contribution in [2.24, 2.45) is 0 Å². The number of hydrogen-bond acceptors (Lipinski definition) is 5. The predicted molar refractivity (Wildman–Crippen MR) is 86.7 cm³/mol. The van der Waals surface area contributed by atoms with Gasteiger partial charge in [-0.25, -0.2) is 8.42 Å². The molecule has 3 rings (SSSR count). The second kappa shape index (κ2) is 5.56. The normalized spacial score (nSPS) is 19.9. The zero-order chi connectivity index (χ0) is 16.8. The first-order chi connectivity index (χ1) is 10.8. The van der Waals surface area contributed by atoms with Crippen molar-refractivity contribution in [2.45, 2.75) is 19.4 Å². The molecule has 0 radical (unpaired) electrons. The Balaban J connectivity index is 1.99. The van der Waals surface area contributed by atoms with E-state index < -0.39 is 9.84 Å². The van der Waals surface area contributed by atoms with Crippen molar-refractivity contribution in [3.63, 3.8) is 0 Å². The molecule has 1 unspecified atom stereocenters. The molecule has 2 aromatic rings. The van der Waals surface area contributed by atoms with Crippen LogP contribution in [0.25, 0.3) is 11.0 Å². The maximum Gasteiger partial charge on any atom is 0.258 e. The molecule has 2 heterocycles. The Morgan fingerprint density at radius 3 is 2.74 bits per heavy atom. The number of hydrogen-bond donors (Lipinski definition) is 0. The predicted octanol–water partition coefficient (Wildman–Crippen LogP) is 2.01. The highest BCUT2D eigenvalue weighted by molar-refractivity contribution is 7.91. The molecule has 0 spiro atoms. The number of benzene rings is 1. The lowest BCUT2D eigenvalue weighted by Crippen LogP contribution is -2.38. The fraction of sp³-hybridized carbons (Fsp3) is 0.438. The van der Waals surface area contributed by atoms with Gasteiger partial charge in [-0.05, 0) is 31.5 Å². The Labute approximate surface area is 134 Å². The van der Waals surface area contributed by atoms with Crippen molar-refractivity contribution >= 4 is 26.7 Å². The maximum absolute atomic E-state index is 12.9. The molecule has 23 heavy (non-hydrogen) atoms. The summed E-state index contributed by atoms with van der Waals surface area (Å²) in [4.78, 5) is 14.4. The highest BCUT2D eigenvalue weighted by Crippen LogP contribution is 2.30. The van der Waals surface area contributed by atoms with Gasteiger partial charge in [0.1, 0.15) is 17.1 Å². The van der Waals surface area contributed by atoms with Gasteiger partial charge < -0.3 is 14.1 Å². The first-order valence-corrected chi connectivity index (χ1v) is 9.19. The van der Waals surface area contributed by atoms with E-state index in [1.807, 2.05) is 0 Å². The summed E-state index contributed by atoms with van der Waals surface area (Å²) in [5, 5.41) is 0.680. The van der Waals surface area contributed by atoms with Crippen LogP contribution in [0.5, 0.6) is 5.75 Å². The van der Waals surface area contributed by atoms with E-state index in [4.69, 9.17) is 9.15 Å². The van der Waals surface area contributed by atoms with Gasteiger partial charge in [-0.2, -0.15) is 0 Å². The van der Waals surface area contributed by atoms with Gasteiger partial charge in [0, 0.05) is 18.5 Å². The average Bonchev–Trinajstić information content (AvgIpc) is 3.03. The molecule has 1 saturated heterocycles. The van der Waals surface area contributed by atoms with E-state index in [0.717, 1.165) is 0 Å². The fourth-order valence-corrected chi connectivity index (χ4v) is 4.79. The number of fused-ring (bicyclic) bond motifs is 1. The number of ether oxygens (including phenoxy) is 1. The lowest BCUT2D eigenvalue weighted by Gasteiger charge is -2.23. The molecule has 1 fully saturated rings. The molecule has 0 bridgehead atoms. The highest BCUT2D eigenvalue weighted by atomic mass is 32.2. The van der Waals surface area contributed by atoms with Gasteiger partial charge >= 0.3 is 0 Å². The number of nitrogens with zero attached hydrogens (tertiary/aromatic N) is 1. The SMILES string of the molecule is COc1ccc2oc(C)c(C(=O)N(C)C3CCS(=O)(=O)C3)c2c1. The number of aryl methyl sites for hydroxylation is 1. The molecule has 1 aromatic carbocycles. The van der Waals surface area contributed by atoms with Crippen LogP contribution < -0.4 is 4.74 Å². The van der Waals surface area contributed by atoms with Gasteiger partial charge in [0.15, 0.2) is 9.84 Å². The highest BCUT2D eigenvalue weighted by Gasteiger charge is 2.34. The van der Waals surface area contributed by atoms with Gasteiger partial charge in [0.2, 0.25) is 0 Å². The Morgan fingerprint density at radius 2 is 2.13 bits per heavy atom. The maximum atomic E-state index is 12.9. The Hall–Kier alpha value is -2.02. The molecule has 7 heteroatoms. The summed E-state index contributed by atoms with van der Waals surface area (Å²) < 4.78 is 34.1. The zero-order valence-corrected chi connectivity index (χ0v) is 14.1. The summed E-state index contributed by atoms with van der Waals surface area (Å²) in [5.41, 5.74) is 1.07. The molecule has 0 saturated carbocycles. The number of sulfone groups is 1. The van der Waals surface area contributed by atoms with Gasteiger partial charge in [-0.1, -0.05) is 0 Å². The molecule has 1 aliphatic rings. The molecule has 1 aromatic heterocycles. The van der Waals surface area contributed by atoms with E-state index in [1.54, 1.807) is 39.3 Å². The van der Waals surface area contributed by atoms with Crippen LogP contribution in [0.3, 0.4) is 0 Å². The van der Waals surface area contributed by atoms with E-state index in [0.29, 0.717) is 34.5 Å². The summed E-state index contributed by atoms with van der Waals surface area (Å²) in [6, 6.07) is 5.01. The third kappa shape index (κ3) is 2.81. The summed E-state index contributed by atoms with van der Waals surface area (Å²) >= 11 is 0. The first kappa shape index (κ1) is 15.9. The number of amides is 1. The van der Waals surface area contributed by atoms with Crippen LogP contribution in [-0.4, -0.2) is 50.9 Å². The largest absolute Gasteiger partial charge is 0.497 e. The van der Waals surface area contributed by atoms with E-state index in [-0.39, 0.29) is 23.5 Å². The molecule has 1 aliphatic heterocycles. The summed E-state index contributed by atoms with van der Waals surface area (Å²) in [6.07, 6.45) is 0.475. The third-order valence-electron chi connectivity index (χ3n) is 4.36. The van der Waals surface area contributed by atoms with Crippen molar-refractivity contribution in [3.05, 3.63) is 29.5 Å². The molecular weight excluding hydrogens is 318 g/mol. The molecular formula is C16H19NO5S. The van der Waals surface area contributed by atoms with Crippen molar-refractivity contribution < 1.29 is 22.4 Å². The minimum absolute atomic E-state index is 0.0212. The van der Waals surface area contributed by atoms with Crippen molar-refractivity contribution in [1.82, 2.24) is 4.90 Å². The van der Waals surface area contributed by atoms with E-state index in [1.165, 1.54) is 4.90 Å². The van der Waals surface area contributed by atoms with Crippen LogP contribution in [0.2, 0.25) is 0 Å². The Bertz CT molecular complexity index is 868. The summed E-state index contributed by atoms with van der Waals surface area (Å²) in [5.74, 6) is 1.09. The molecule has 6 nitrogen and oxygen atoms in total. The second-order valence-electron chi connectivity index (χ2n) is 5.87. The Morgan fingerprint density at radius 1 is 1.39 bits per heavy atom. The summed E-state index contributed by atoms with van der Waals surface area (Å²) in [6.45, 7) is 1.74. The van der Waals surface area contributed by atoms with Gasteiger partial charge in [0.25, 0.3) is 5.91 Å². The lowest BCUT2D eigenvalue weighted by atomic mass is 10.1. The average molecular weight is 337 g/mol. The number of furan rings is 1. The third-order valence-corrected chi connectivity index (χ3v) is 6.11. The van der Waals surface area contributed by atoms with Crippen LogP contribution in [0, 0.1) is 6.92 Å². The number of carbonyl (C=O) groups excluding carboxylic acids is 1. The molecule has 1 atom stereocenters. The van der Waals surface area contributed by atoms with Crippen molar-refractivity contribution in [3.8, 4) is 5.75 Å². The van der Waals surface area contributed by atoms with E-state index in [9.17, 15) is 13.2 Å². The van der Waals surface area contributed by atoms with Gasteiger partial charge in [0.05, 0.1) is 24.2 Å². The standard InChI is InChI=1S/C16H19NO5S/c1-10-15(13-8-12(21-3)4-5-14(13)22-10)16(18)17(2)11-6-7-23(19,20)9-11/h4-5,8,11H,6-7,9H2,1-3H3. The molecule has 0 aliphatic carbocycles. The number of carbonyl (C=O) groups is 1. The number of methoxy groups -OCH3 is 1. The zero-order valence-electron chi connectivity index (χ0n) is 13.3. The van der Waals surface area contributed by atoms with E-state index >= 15 is 0 Å². The summed E-state index contributed by atoms with van der Waals surface area (Å²) in [7, 11) is 0.162. The smallest absolute Gasteiger partial charge is 0.258 e. The topological polar surface area (TPSA) is 76.8 Å². The quantitative estimate of drug-likeness (QED) is 0.856. The van der Waals surface area contributed by atoms with Crippen molar-refractivity contribution in [1.29, 1.82) is 0 Å². The first-order valence-electron chi connectivity index (χ1n) is 7.37. The van der Waals surface area contributed by atoms with Crippen molar-refractivity contribution in [2.75, 3.05) is 25.7 Å². The minimum Gasteiger partial charge on any atom is -0.497 e. The second-order valence-corrected chi connectivity index (χ2v) is 8.10. The monoisotopic (exact) mass is 337 g/mol. The number of rotatable bonds is 3. The lowest BCUT2D eigenvalue weighted by molar-refractivity contribution is 0.0747. The van der Waals surface area contributed by atoms with Crippen LogP contribution in [0.15, 0.2) is 22.6 Å². The van der Waals surface area contributed by atoms with Crippen LogP contribution in [0.1, 0.15) is 22.5 Å². The Kier molecular flexibility index (Phi) is 3.83. The molecule has 124 valence electrons. The van der Waals surface area contributed by atoms with Crippen LogP contribution in [-0.2, 0) is 9.84 Å². The minimum atomic E-state index is -3.04. The van der Waals surface area contributed by atoms with E-state index in [2.05, 4.69) is 0 Å². The van der Waals surface area contributed by atoms with Gasteiger partial charge in [-0.3, -0.25) is 4.79 Å². The van der Waals surface area contributed by atoms with Gasteiger partial charge in [-0.15, -0.1) is 0 Å². The fourth-order valence-electron chi connectivity index (χ4n) is 3.01. The van der Waals surface area contributed by atoms with Crippen LogP contribution in [0.4, 0.5) is 0 Å². The molecule has 1 amide bonds.